The summed E-state index contributed by atoms with van der Waals surface area (Å²) in [5.74, 6) is 0. The normalized spacial score (nSPS) is 16.9. The maximum atomic E-state index is 12.5. The van der Waals surface area contributed by atoms with Crippen LogP contribution in [0.1, 0.15) is 31.7 Å². The van der Waals surface area contributed by atoms with Crippen molar-refractivity contribution < 1.29 is 13.2 Å². The molecule has 0 saturated heterocycles. The van der Waals surface area contributed by atoms with E-state index in [1.807, 2.05) is 6.92 Å². The van der Waals surface area contributed by atoms with Gasteiger partial charge in [-0.2, -0.15) is 0 Å². The smallest absolute Gasteiger partial charge is 0.240 e. The lowest BCUT2D eigenvalue weighted by atomic mass is 10.0. The molecule has 1 aliphatic carbocycles. The van der Waals surface area contributed by atoms with Gasteiger partial charge in [0.25, 0.3) is 0 Å². The monoisotopic (exact) mass is 312 g/mol. The Labute approximate surface area is 126 Å². The molecule has 0 aromatic heterocycles. The number of ether oxygens (including phenoxy) is 1. The highest BCUT2D eigenvalue weighted by atomic mass is 32.2. The predicted molar refractivity (Wildman–Crippen MR) is 83.6 cm³/mol. The Kier molecular flexibility index (Phi) is 4.91. The summed E-state index contributed by atoms with van der Waals surface area (Å²) in [4.78, 5) is 0.299. The zero-order valence-corrected chi connectivity index (χ0v) is 13.5. The zero-order valence-electron chi connectivity index (χ0n) is 12.7. The number of aryl methyl sites for hydroxylation is 1. The van der Waals surface area contributed by atoms with Gasteiger partial charge in [-0.05, 0) is 48.8 Å². The van der Waals surface area contributed by atoms with Crippen LogP contribution in [-0.4, -0.2) is 28.7 Å². The molecule has 0 radical (unpaired) electrons. The molecule has 0 aliphatic heterocycles. The third-order valence-electron chi connectivity index (χ3n) is 4.19. The van der Waals surface area contributed by atoms with Crippen molar-refractivity contribution in [1.29, 1.82) is 0 Å². The van der Waals surface area contributed by atoms with Gasteiger partial charge in [0, 0.05) is 25.9 Å². The molecule has 1 aromatic carbocycles. The van der Waals surface area contributed by atoms with Crippen molar-refractivity contribution >= 4 is 15.7 Å². The molecular weight excluding hydrogens is 288 g/mol. The van der Waals surface area contributed by atoms with Crippen LogP contribution in [0.5, 0.6) is 0 Å². The average molecular weight is 312 g/mol. The Hall–Kier alpha value is -1.11. The number of benzene rings is 1. The standard InChI is InChI=1S/C15H24N2O3S/c1-3-12-4-5-13(16)10-14(12)21(18,19)17-11-15(6-7-15)8-9-20-2/h4-5,10,17H,3,6-9,11,16H2,1-2H3. The molecule has 0 unspecified atom stereocenters. The summed E-state index contributed by atoms with van der Waals surface area (Å²) in [5, 5.41) is 0. The summed E-state index contributed by atoms with van der Waals surface area (Å²) in [5.41, 5.74) is 7.07. The van der Waals surface area contributed by atoms with E-state index in [1.165, 1.54) is 6.07 Å². The maximum Gasteiger partial charge on any atom is 0.240 e. The van der Waals surface area contributed by atoms with Crippen LogP contribution in [0.2, 0.25) is 0 Å². The fourth-order valence-corrected chi connectivity index (χ4v) is 3.95. The van der Waals surface area contributed by atoms with Crippen LogP contribution >= 0.6 is 0 Å². The summed E-state index contributed by atoms with van der Waals surface area (Å²) in [6, 6.07) is 5.05. The Balaban J connectivity index is 2.10. The molecule has 2 rings (SSSR count). The van der Waals surface area contributed by atoms with Crippen LogP contribution in [0.25, 0.3) is 0 Å². The first kappa shape index (κ1) is 16.3. The molecule has 1 fully saturated rings. The van der Waals surface area contributed by atoms with Gasteiger partial charge < -0.3 is 10.5 Å². The summed E-state index contributed by atoms with van der Waals surface area (Å²) in [7, 11) is -1.85. The minimum absolute atomic E-state index is 0.0791. The van der Waals surface area contributed by atoms with Crippen molar-refractivity contribution in [2.24, 2.45) is 5.41 Å². The molecule has 1 aliphatic rings. The van der Waals surface area contributed by atoms with Crippen molar-refractivity contribution in [1.82, 2.24) is 4.72 Å². The molecule has 1 aromatic rings. The van der Waals surface area contributed by atoms with Crippen LogP contribution in [0.4, 0.5) is 5.69 Å². The second kappa shape index (κ2) is 6.34. The van der Waals surface area contributed by atoms with E-state index in [-0.39, 0.29) is 5.41 Å². The molecule has 118 valence electrons. The number of nitrogens with one attached hydrogen (secondary N) is 1. The van der Waals surface area contributed by atoms with Crippen molar-refractivity contribution in [2.45, 2.75) is 37.5 Å². The van der Waals surface area contributed by atoms with Gasteiger partial charge in [-0.3, -0.25) is 0 Å². The number of anilines is 1. The Bertz CT molecular complexity index is 595. The van der Waals surface area contributed by atoms with E-state index in [9.17, 15) is 8.42 Å². The van der Waals surface area contributed by atoms with Gasteiger partial charge in [0.2, 0.25) is 10.0 Å². The summed E-state index contributed by atoms with van der Waals surface area (Å²) < 4.78 is 32.9. The zero-order chi connectivity index (χ0) is 15.5. The fourth-order valence-electron chi connectivity index (χ4n) is 2.45. The second-order valence-corrected chi connectivity index (χ2v) is 7.52. The number of hydrogen-bond acceptors (Lipinski definition) is 4. The lowest BCUT2D eigenvalue weighted by molar-refractivity contribution is 0.173. The van der Waals surface area contributed by atoms with Gasteiger partial charge in [0.1, 0.15) is 0 Å². The van der Waals surface area contributed by atoms with Crippen molar-refractivity contribution in [3.63, 3.8) is 0 Å². The highest BCUT2D eigenvalue weighted by Gasteiger charge is 2.42. The molecule has 3 N–H and O–H groups in total. The molecule has 0 spiro atoms. The number of nitrogens with two attached hydrogens (primary N) is 1. The number of hydrogen-bond donors (Lipinski definition) is 2. The van der Waals surface area contributed by atoms with Crippen LogP contribution < -0.4 is 10.5 Å². The number of rotatable bonds is 8. The van der Waals surface area contributed by atoms with Crippen LogP contribution in [0.3, 0.4) is 0 Å². The molecule has 0 bridgehead atoms. The Morgan fingerprint density at radius 3 is 2.67 bits per heavy atom. The lowest BCUT2D eigenvalue weighted by Crippen LogP contribution is -2.31. The third kappa shape index (κ3) is 3.96. The highest BCUT2D eigenvalue weighted by Crippen LogP contribution is 2.48. The minimum atomic E-state index is -3.51. The molecule has 0 amide bonds. The quantitative estimate of drug-likeness (QED) is 0.719. The van der Waals surface area contributed by atoms with Gasteiger partial charge in [0.05, 0.1) is 4.90 Å². The molecular formula is C15H24N2O3S. The van der Waals surface area contributed by atoms with Gasteiger partial charge in [-0.15, -0.1) is 0 Å². The molecule has 0 atom stereocenters. The molecule has 1 saturated carbocycles. The number of methoxy groups -OCH3 is 1. The van der Waals surface area contributed by atoms with Crippen LogP contribution in [0, 0.1) is 5.41 Å². The number of sulfonamides is 1. The van der Waals surface area contributed by atoms with Crippen molar-refractivity contribution in [2.75, 3.05) is 26.0 Å². The van der Waals surface area contributed by atoms with Gasteiger partial charge in [-0.25, -0.2) is 13.1 Å². The summed E-state index contributed by atoms with van der Waals surface area (Å²) in [6.07, 6.45) is 3.65. The second-order valence-electron chi connectivity index (χ2n) is 5.79. The van der Waals surface area contributed by atoms with E-state index in [0.29, 0.717) is 30.2 Å². The van der Waals surface area contributed by atoms with E-state index >= 15 is 0 Å². The first-order chi connectivity index (χ1) is 9.92. The Morgan fingerprint density at radius 1 is 1.38 bits per heavy atom. The van der Waals surface area contributed by atoms with E-state index in [2.05, 4.69) is 4.72 Å². The van der Waals surface area contributed by atoms with Crippen molar-refractivity contribution in [3.05, 3.63) is 23.8 Å². The van der Waals surface area contributed by atoms with E-state index in [4.69, 9.17) is 10.5 Å². The molecule has 21 heavy (non-hydrogen) atoms. The first-order valence-electron chi connectivity index (χ1n) is 7.29. The Morgan fingerprint density at radius 2 is 2.10 bits per heavy atom. The highest BCUT2D eigenvalue weighted by molar-refractivity contribution is 7.89. The van der Waals surface area contributed by atoms with Crippen LogP contribution in [0.15, 0.2) is 23.1 Å². The summed E-state index contributed by atoms with van der Waals surface area (Å²) in [6.45, 7) is 3.07. The lowest BCUT2D eigenvalue weighted by Gasteiger charge is -2.17. The van der Waals surface area contributed by atoms with Gasteiger partial charge >= 0.3 is 0 Å². The fraction of sp³-hybridized carbons (Fsp3) is 0.600. The SMILES string of the molecule is CCc1ccc(N)cc1S(=O)(=O)NCC1(CCOC)CC1. The van der Waals surface area contributed by atoms with E-state index < -0.39 is 10.0 Å². The van der Waals surface area contributed by atoms with Crippen molar-refractivity contribution in [3.8, 4) is 0 Å². The average Bonchev–Trinajstić information content (AvgIpc) is 3.24. The maximum absolute atomic E-state index is 12.5. The topological polar surface area (TPSA) is 81.4 Å². The van der Waals surface area contributed by atoms with Gasteiger partial charge in [0.15, 0.2) is 0 Å². The molecule has 6 heteroatoms. The third-order valence-corrected chi connectivity index (χ3v) is 5.68. The van der Waals surface area contributed by atoms with E-state index in [1.54, 1.807) is 19.2 Å². The van der Waals surface area contributed by atoms with E-state index in [0.717, 1.165) is 24.8 Å². The molecule has 0 heterocycles. The summed E-state index contributed by atoms with van der Waals surface area (Å²) >= 11 is 0. The van der Waals surface area contributed by atoms with Gasteiger partial charge in [-0.1, -0.05) is 13.0 Å². The molecule has 5 nitrogen and oxygen atoms in total. The first-order valence-corrected chi connectivity index (χ1v) is 8.78. The minimum Gasteiger partial charge on any atom is -0.399 e. The number of nitrogen functional groups attached to an aromatic ring is 1. The largest absolute Gasteiger partial charge is 0.399 e. The van der Waals surface area contributed by atoms with Crippen LogP contribution in [-0.2, 0) is 21.2 Å². The predicted octanol–water partition coefficient (Wildman–Crippen LogP) is 1.93.